The number of fused-ring (bicyclic) bond motifs is 1. The summed E-state index contributed by atoms with van der Waals surface area (Å²) in [7, 11) is 1.32. The van der Waals surface area contributed by atoms with Crippen LogP contribution >= 0.6 is 15.9 Å². The van der Waals surface area contributed by atoms with E-state index in [-0.39, 0.29) is 12.2 Å². The monoisotopic (exact) mass is 388 g/mol. The van der Waals surface area contributed by atoms with Gasteiger partial charge in [0.15, 0.2) is 0 Å². The highest BCUT2D eigenvalue weighted by atomic mass is 79.9. The van der Waals surface area contributed by atoms with E-state index in [1.807, 2.05) is 6.07 Å². The number of halogens is 1. The fourth-order valence-corrected chi connectivity index (χ4v) is 2.68. The highest BCUT2D eigenvalue weighted by Gasteiger charge is 2.10. The minimum absolute atomic E-state index is 0.136. The van der Waals surface area contributed by atoms with E-state index < -0.39 is 5.97 Å². The number of ether oxygens (including phenoxy) is 2. The maximum atomic E-state index is 12.0. The lowest BCUT2D eigenvalue weighted by Crippen LogP contribution is -2.16. The zero-order valence-corrected chi connectivity index (χ0v) is 14.3. The number of rotatable bonds is 4. The zero-order valence-electron chi connectivity index (χ0n) is 12.7. The predicted octanol–water partition coefficient (Wildman–Crippen LogP) is 2.82. The van der Waals surface area contributed by atoms with E-state index in [9.17, 15) is 9.59 Å². The fourth-order valence-electron chi connectivity index (χ4n) is 2.19. The Bertz CT molecular complexity index is 968. The molecule has 0 unspecified atom stereocenters. The molecule has 2 aromatic heterocycles. The lowest BCUT2D eigenvalue weighted by atomic mass is 10.2. The molecule has 0 N–H and O–H groups in total. The highest BCUT2D eigenvalue weighted by molar-refractivity contribution is 9.10. The number of carbonyl (C=O) groups excluding carboxylic acids is 1. The molecule has 0 amide bonds. The maximum absolute atomic E-state index is 12.0. The van der Waals surface area contributed by atoms with Crippen LogP contribution in [-0.4, -0.2) is 22.5 Å². The molecule has 1 aromatic carbocycles. The van der Waals surface area contributed by atoms with Crippen LogP contribution in [0.4, 0.5) is 0 Å². The predicted molar refractivity (Wildman–Crippen MR) is 91.3 cm³/mol. The van der Waals surface area contributed by atoms with Crippen LogP contribution in [0.1, 0.15) is 16.1 Å². The molecule has 0 saturated heterocycles. The first-order valence-electron chi connectivity index (χ1n) is 7.06. The van der Waals surface area contributed by atoms with Gasteiger partial charge in [0.2, 0.25) is 0 Å². The summed E-state index contributed by atoms with van der Waals surface area (Å²) in [6.45, 7) is 0.136. The molecule has 0 aliphatic carbocycles. The Balaban J connectivity index is 1.81. The van der Waals surface area contributed by atoms with E-state index in [2.05, 4.69) is 25.7 Å². The van der Waals surface area contributed by atoms with E-state index >= 15 is 0 Å². The van der Waals surface area contributed by atoms with Gasteiger partial charge in [-0.1, -0.05) is 6.07 Å². The molecule has 2 heterocycles. The fraction of sp³-hybridized carbons (Fsp3) is 0.118. The Morgan fingerprint density at radius 2 is 2.08 bits per heavy atom. The minimum Gasteiger partial charge on any atom is -0.486 e. The zero-order chi connectivity index (χ0) is 17.1. The summed E-state index contributed by atoms with van der Waals surface area (Å²) in [5.41, 5.74) is 1.33. The summed E-state index contributed by atoms with van der Waals surface area (Å²) >= 11 is 3.35. The van der Waals surface area contributed by atoms with Gasteiger partial charge < -0.3 is 9.47 Å². The molecular formula is C17H13BrN2O4. The molecule has 0 atom stereocenters. The second kappa shape index (κ2) is 6.84. The molecule has 0 aliphatic heterocycles. The molecular weight excluding hydrogens is 376 g/mol. The van der Waals surface area contributed by atoms with Gasteiger partial charge >= 0.3 is 5.97 Å². The van der Waals surface area contributed by atoms with Gasteiger partial charge in [-0.25, -0.2) is 9.78 Å². The van der Waals surface area contributed by atoms with Crippen molar-refractivity contribution in [3.63, 3.8) is 0 Å². The third kappa shape index (κ3) is 3.30. The highest BCUT2D eigenvalue weighted by Crippen LogP contribution is 2.27. The van der Waals surface area contributed by atoms with Gasteiger partial charge in [-0.15, -0.1) is 0 Å². The van der Waals surface area contributed by atoms with Crippen molar-refractivity contribution in [1.82, 2.24) is 9.38 Å². The van der Waals surface area contributed by atoms with Crippen molar-refractivity contribution in [2.24, 2.45) is 0 Å². The number of methoxy groups -OCH3 is 1. The molecule has 24 heavy (non-hydrogen) atoms. The van der Waals surface area contributed by atoms with E-state index in [4.69, 9.17) is 4.74 Å². The number of benzene rings is 1. The topological polar surface area (TPSA) is 69.9 Å². The van der Waals surface area contributed by atoms with Crippen LogP contribution < -0.4 is 10.3 Å². The first-order valence-corrected chi connectivity index (χ1v) is 7.86. The van der Waals surface area contributed by atoms with E-state index in [0.717, 1.165) is 0 Å². The van der Waals surface area contributed by atoms with E-state index in [1.54, 1.807) is 36.5 Å². The average Bonchev–Trinajstić information content (AvgIpc) is 2.60. The first kappa shape index (κ1) is 16.2. The van der Waals surface area contributed by atoms with Gasteiger partial charge in [-0.05, 0) is 46.3 Å². The number of hydrogen-bond acceptors (Lipinski definition) is 5. The first-order chi connectivity index (χ1) is 11.6. The van der Waals surface area contributed by atoms with Crippen LogP contribution in [0.5, 0.6) is 5.75 Å². The smallest absolute Gasteiger partial charge is 0.337 e. The van der Waals surface area contributed by atoms with Gasteiger partial charge in [0.25, 0.3) is 5.56 Å². The van der Waals surface area contributed by atoms with Crippen LogP contribution in [0.15, 0.2) is 57.9 Å². The Kier molecular flexibility index (Phi) is 4.61. The van der Waals surface area contributed by atoms with Crippen LogP contribution in [0, 0.1) is 0 Å². The normalized spacial score (nSPS) is 10.6. The Morgan fingerprint density at radius 1 is 1.25 bits per heavy atom. The van der Waals surface area contributed by atoms with Crippen molar-refractivity contribution in [1.29, 1.82) is 0 Å². The molecule has 0 aliphatic rings. The maximum Gasteiger partial charge on any atom is 0.337 e. The summed E-state index contributed by atoms with van der Waals surface area (Å²) < 4.78 is 12.4. The molecule has 6 nitrogen and oxygen atoms in total. The molecule has 0 spiro atoms. The quantitative estimate of drug-likeness (QED) is 0.642. The lowest BCUT2D eigenvalue weighted by molar-refractivity contribution is 0.0600. The second-order valence-corrected chi connectivity index (χ2v) is 5.79. The summed E-state index contributed by atoms with van der Waals surface area (Å²) in [5.74, 6) is 0.115. The Morgan fingerprint density at radius 3 is 2.83 bits per heavy atom. The summed E-state index contributed by atoms with van der Waals surface area (Å²) in [4.78, 5) is 27.9. The number of aromatic nitrogens is 2. The molecule has 7 heteroatoms. The molecule has 0 bridgehead atoms. The number of nitrogens with zero attached hydrogens (tertiary/aromatic N) is 2. The summed E-state index contributed by atoms with van der Waals surface area (Å²) in [6, 6.07) is 11.7. The standard InChI is InChI=1S/C17H13BrN2O4/c1-23-17(22)11-5-6-14(13(18)8-11)24-10-12-9-16(21)20-7-3-2-4-15(20)19-12/h2-9H,10H2,1H3. The average molecular weight is 389 g/mol. The largest absolute Gasteiger partial charge is 0.486 e. The van der Waals surface area contributed by atoms with Crippen LogP contribution in [0.3, 0.4) is 0 Å². The molecule has 122 valence electrons. The number of pyridine rings is 1. The van der Waals surface area contributed by atoms with Crippen molar-refractivity contribution in [2.45, 2.75) is 6.61 Å². The van der Waals surface area contributed by atoms with Crippen molar-refractivity contribution in [3.8, 4) is 5.75 Å². The Hall–Kier alpha value is -2.67. The van der Waals surface area contributed by atoms with Gasteiger partial charge in [0.05, 0.1) is 22.8 Å². The molecule has 3 rings (SSSR count). The third-order valence-electron chi connectivity index (χ3n) is 3.35. The van der Waals surface area contributed by atoms with Crippen molar-refractivity contribution in [3.05, 3.63) is 74.7 Å². The van der Waals surface area contributed by atoms with Gasteiger partial charge in [0.1, 0.15) is 18.0 Å². The molecule has 0 radical (unpaired) electrons. The van der Waals surface area contributed by atoms with Gasteiger partial charge in [-0.3, -0.25) is 9.20 Å². The van der Waals surface area contributed by atoms with E-state index in [0.29, 0.717) is 27.1 Å². The van der Waals surface area contributed by atoms with Gasteiger partial charge in [-0.2, -0.15) is 0 Å². The molecule has 0 fully saturated rings. The van der Waals surface area contributed by atoms with E-state index in [1.165, 1.54) is 17.6 Å². The molecule has 0 saturated carbocycles. The molecule has 3 aromatic rings. The SMILES string of the molecule is COC(=O)c1ccc(OCc2cc(=O)n3ccccc3n2)c(Br)c1. The van der Waals surface area contributed by atoms with Crippen LogP contribution in [-0.2, 0) is 11.3 Å². The number of carbonyl (C=O) groups is 1. The van der Waals surface area contributed by atoms with Crippen molar-refractivity contribution in [2.75, 3.05) is 7.11 Å². The minimum atomic E-state index is -0.425. The number of hydrogen-bond donors (Lipinski definition) is 0. The van der Waals surface area contributed by atoms with Crippen molar-refractivity contribution < 1.29 is 14.3 Å². The Labute approximate surface area is 145 Å². The lowest BCUT2D eigenvalue weighted by Gasteiger charge is -2.09. The summed E-state index contributed by atoms with van der Waals surface area (Å²) in [5, 5.41) is 0. The third-order valence-corrected chi connectivity index (χ3v) is 3.97. The van der Waals surface area contributed by atoms with Crippen LogP contribution in [0.2, 0.25) is 0 Å². The number of esters is 1. The summed E-state index contributed by atoms with van der Waals surface area (Å²) in [6.07, 6.45) is 1.66. The van der Waals surface area contributed by atoms with Gasteiger partial charge in [0, 0.05) is 12.3 Å². The second-order valence-electron chi connectivity index (χ2n) is 4.94. The van der Waals surface area contributed by atoms with Crippen molar-refractivity contribution >= 4 is 27.5 Å². The van der Waals surface area contributed by atoms with Crippen LogP contribution in [0.25, 0.3) is 5.65 Å².